The first kappa shape index (κ1) is 9.93. The van der Waals surface area contributed by atoms with Gasteiger partial charge >= 0.3 is 0 Å². The quantitative estimate of drug-likeness (QED) is 0.703. The van der Waals surface area contributed by atoms with E-state index in [1.807, 2.05) is 13.2 Å². The molecule has 2 atom stereocenters. The number of hydrogen-bond donors (Lipinski definition) is 0. The molecule has 1 aromatic heterocycles. The maximum absolute atomic E-state index is 5.90. The van der Waals surface area contributed by atoms with Gasteiger partial charge < -0.3 is 4.74 Å². The summed E-state index contributed by atoms with van der Waals surface area (Å²) in [6, 6.07) is 0. The van der Waals surface area contributed by atoms with Gasteiger partial charge in [0.2, 0.25) is 0 Å². The highest BCUT2D eigenvalue weighted by molar-refractivity contribution is 6.18. The van der Waals surface area contributed by atoms with Crippen LogP contribution >= 0.6 is 11.6 Å². The number of halogens is 1. The Hall–Kier alpha value is -0.610. The van der Waals surface area contributed by atoms with Crippen LogP contribution in [0, 0.1) is 5.92 Å². The zero-order valence-corrected chi connectivity index (χ0v) is 8.94. The lowest BCUT2D eigenvalue weighted by atomic mass is 9.94. The summed E-state index contributed by atoms with van der Waals surface area (Å²) in [6.45, 7) is 0.800. The van der Waals surface area contributed by atoms with E-state index in [9.17, 15) is 0 Å². The molecule has 1 aliphatic rings. The Morgan fingerprint density at radius 3 is 3.21 bits per heavy atom. The molecule has 2 unspecified atom stereocenters. The first-order valence-corrected chi connectivity index (χ1v) is 5.38. The highest BCUT2D eigenvalue weighted by Crippen LogP contribution is 2.32. The molecule has 0 N–H and O–H groups in total. The van der Waals surface area contributed by atoms with Crippen molar-refractivity contribution in [1.29, 1.82) is 0 Å². The fourth-order valence-corrected chi connectivity index (χ4v) is 2.14. The molecule has 1 aromatic rings. The number of alkyl halides is 1. The fourth-order valence-electron chi connectivity index (χ4n) is 1.82. The highest BCUT2D eigenvalue weighted by Gasteiger charge is 2.28. The lowest BCUT2D eigenvalue weighted by molar-refractivity contribution is -0.0234. The van der Waals surface area contributed by atoms with Gasteiger partial charge in [0.1, 0.15) is 11.8 Å². The molecule has 0 aliphatic carbocycles. The molecule has 0 bridgehead atoms. The van der Waals surface area contributed by atoms with Crippen molar-refractivity contribution in [3.05, 3.63) is 11.9 Å². The molecule has 4 nitrogen and oxygen atoms in total. The highest BCUT2D eigenvalue weighted by atomic mass is 35.5. The van der Waals surface area contributed by atoms with Crippen LogP contribution in [-0.4, -0.2) is 27.5 Å². The van der Waals surface area contributed by atoms with E-state index in [0.717, 1.165) is 25.1 Å². The molecule has 0 amide bonds. The maximum Gasteiger partial charge on any atom is 0.112 e. The average molecular weight is 216 g/mol. The first-order valence-electron chi connectivity index (χ1n) is 4.85. The second-order valence-corrected chi connectivity index (χ2v) is 3.97. The van der Waals surface area contributed by atoms with Crippen molar-refractivity contribution in [2.75, 3.05) is 12.5 Å². The minimum atomic E-state index is 0.0370. The Labute approximate surface area is 88.2 Å². The van der Waals surface area contributed by atoms with E-state index >= 15 is 0 Å². The second kappa shape index (κ2) is 4.28. The van der Waals surface area contributed by atoms with Gasteiger partial charge in [0, 0.05) is 25.5 Å². The Bertz CT molecular complexity index is 302. The van der Waals surface area contributed by atoms with Crippen LogP contribution in [-0.2, 0) is 11.8 Å². The van der Waals surface area contributed by atoms with Crippen LogP contribution in [0.25, 0.3) is 0 Å². The predicted molar refractivity (Wildman–Crippen MR) is 53.1 cm³/mol. The molecule has 0 aromatic carbocycles. The van der Waals surface area contributed by atoms with Crippen molar-refractivity contribution in [1.82, 2.24) is 15.0 Å². The van der Waals surface area contributed by atoms with Crippen LogP contribution in [0.1, 0.15) is 24.6 Å². The van der Waals surface area contributed by atoms with E-state index in [1.54, 1.807) is 4.68 Å². The number of aromatic nitrogens is 3. The van der Waals surface area contributed by atoms with Crippen LogP contribution in [0.5, 0.6) is 0 Å². The molecule has 5 heteroatoms. The normalized spacial score (nSPS) is 27.9. The molecule has 14 heavy (non-hydrogen) atoms. The topological polar surface area (TPSA) is 39.9 Å². The minimum absolute atomic E-state index is 0.0370. The molecule has 2 rings (SSSR count). The number of rotatable bonds is 2. The van der Waals surface area contributed by atoms with E-state index in [4.69, 9.17) is 16.3 Å². The van der Waals surface area contributed by atoms with Gasteiger partial charge in [-0.1, -0.05) is 5.21 Å². The number of hydrogen-bond acceptors (Lipinski definition) is 3. The molecule has 0 spiro atoms. The Morgan fingerprint density at radius 1 is 1.71 bits per heavy atom. The minimum Gasteiger partial charge on any atom is -0.371 e. The van der Waals surface area contributed by atoms with Crippen molar-refractivity contribution in [3.8, 4) is 0 Å². The predicted octanol–water partition coefficient (Wildman–Crippen LogP) is 1.52. The molecule has 2 heterocycles. The second-order valence-electron chi connectivity index (χ2n) is 3.67. The summed E-state index contributed by atoms with van der Waals surface area (Å²) in [5.74, 6) is 1.00. The van der Waals surface area contributed by atoms with Crippen LogP contribution < -0.4 is 0 Å². The van der Waals surface area contributed by atoms with Crippen LogP contribution in [0.4, 0.5) is 0 Å². The van der Waals surface area contributed by atoms with E-state index in [2.05, 4.69) is 10.3 Å². The molecule has 78 valence electrons. The molecule has 0 radical (unpaired) electrons. The van der Waals surface area contributed by atoms with Gasteiger partial charge in [-0.15, -0.1) is 16.7 Å². The van der Waals surface area contributed by atoms with E-state index < -0.39 is 0 Å². The Morgan fingerprint density at radius 2 is 2.57 bits per heavy atom. The molecule has 0 saturated carbocycles. The van der Waals surface area contributed by atoms with Gasteiger partial charge in [-0.3, -0.25) is 4.68 Å². The standard InChI is InChI=1S/C9H14ClN3O/c1-13-6-8(11-12-13)9-7(5-10)3-2-4-14-9/h6-7,9H,2-5H2,1H3. The lowest BCUT2D eigenvalue weighted by Gasteiger charge is -2.28. The van der Waals surface area contributed by atoms with E-state index in [0.29, 0.717) is 11.8 Å². The largest absolute Gasteiger partial charge is 0.371 e. The van der Waals surface area contributed by atoms with Gasteiger partial charge in [0.05, 0.1) is 6.20 Å². The number of ether oxygens (including phenoxy) is 1. The summed E-state index contributed by atoms with van der Waals surface area (Å²) in [7, 11) is 1.86. The first-order chi connectivity index (χ1) is 6.81. The van der Waals surface area contributed by atoms with E-state index in [-0.39, 0.29) is 6.10 Å². The van der Waals surface area contributed by atoms with Crippen molar-refractivity contribution in [2.45, 2.75) is 18.9 Å². The van der Waals surface area contributed by atoms with Crippen molar-refractivity contribution in [3.63, 3.8) is 0 Å². The third-order valence-corrected chi connectivity index (χ3v) is 2.95. The molecular weight excluding hydrogens is 202 g/mol. The molecular formula is C9H14ClN3O. The summed E-state index contributed by atoms with van der Waals surface area (Å²) in [6.07, 6.45) is 4.14. The smallest absolute Gasteiger partial charge is 0.112 e. The molecule has 1 aliphatic heterocycles. The monoisotopic (exact) mass is 215 g/mol. The van der Waals surface area contributed by atoms with Gasteiger partial charge in [-0.25, -0.2) is 0 Å². The Kier molecular flexibility index (Phi) is 3.03. The van der Waals surface area contributed by atoms with Crippen LogP contribution in [0.3, 0.4) is 0 Å². The summed E-state index contributed by atoms with van der Waals surface area (Å²) < 4.78 is 7.37. The number of aryl methyl sites for hydroxylation is 1. The van der Waals surface area contributed by atoms with E-state index in [1.165, 1.54) is 0 Å². The van der Waals surface area contributed by atoms with Crippen molar-refractivity contribution >= 4 is 11.6 Å². The molecule has 1 saturated heterocycles. The average Bonchev–Trinajstić information content (AvgIpc) is 2.65. The summed E-state index contributed by atoms with van der Waals surface area (Å²) in [5, 5.41) is 7.97. The lowest BCUT2D eigenvalue weighted by Crippen LogP contribution is -2.24. The summed E-state index contributed by atoms with van der Waals surface area (Å²) in [4.78, 5) is 0. The van der Waals surface area contributed by atoms with Crippen LogP contribution in [0.15, 0.2) is 6.20 Å². The third kappa shape index (κ3) is 1.91. The summed E-state index contributed by atoms with van der Waals surface area (Å²) >= 11 is 5.90. The SMILES string of the molecule is Cn1cc(C2OCCCC2CCl)nn1. The third-order valence-electron chi connectivity index (χ3n) is 2.55. The van der Waals surface area contributed by atoms with Crippen molar-refractivity contribution < 1.29 is 4.74 Å². The van der Waals surface area contributed by atoms with Gasteiger partial charge in [-0.2, -0.15) is 0 Å². The summed E-state index contributed by atoms with van der Waals surface area (Å²) in [5.41, 5.74) is 0.901. The fraction of sp³-hybridized carbons (Fsp3) is 0.778. The maximum atomic E-state index is 5.90. The van der Waals surface area contributed by atoms with Gasteiger partial charge in [0.15, 0.2) is 0 Å². The zero-order valence-electron chi connectivity index (χ0n) is 8.19. The van der Waals surface area contributed by atoms with Gasteiger partial charge in [-0.05, 0) is 12.8 Å². The van der Waals surface area contributed by atoms with Gasteiger partial charge in [0.25, 0.3) is 0 Å². The molecule has 1 fully saturated rings. The van der Waals surface area contributed by atoms with Crippen molar-refractivity contribution in [2.24, 2.45) is 13.0 Å². The van der Waals surface area contributed by atoms with Crippen LogP contribution in [0.2, 0.25) is 0 Å². The number of nitrogens with zero attached hydrogens (tertiary/aromatic N) is 3. The zero-order chi connectivity index (χ0) is 9.97. The Balaban J connectivity index is 2.14.